The molecule has 1 aromatic carbocycles. The van der Waals surface area contributed by atoms with Crippen LogP contribution in [0.2, 0.25) is 0 Å². The van der Waals surface area contributed by atoms with Gasteiger partial charge in [-0.25, -0.2) is 0 Å². The molecule has 1 heterocycles. The largest absolute Gasteiger partial charge is 0.508 e. The van der Waals surface area contributed by atoms with Gasteiger partial charge in [0.2, 0.25) is 82.7 Å². The molecule has 0 aliphatic carbocycles. The Morgan fingerprint density at radius 1 is 0.663 bits per heavy atom. The van der Waals surface area contributed by atoms with Gasteiger partial charge in [-0.05, 0) is 30.5 Å². The molecule has 0 bridgehead atoms. The van der Waals surface area contributed by atoms with Crippen molar-refractivity contribution in [3.05, 3.63) is 29.8 Å². The normalized spacial score (nSPS) is 17.6. The van der Waals surface area contributed by atoms with Gasteiger partial charge in [-0.1, -0.05) is 12.1 Å². The number of carboxylic acid groups (broad SMARTS) is 1. The van der Waals surface area contributed by atoms with E-state index in [0.29, 0.717) is 5.56 Å². The molecule has 0 saturated carbocycles. The second-order valence-electron chi connectivity index (χ2n) is 17.6. The molecular weight excluding hydrogens is 1160 g/mol. The van der Waals surface area contributed by atoms with Crippen LogP contribution in [0.4, 0.5) is 0 Å². The zero-order valence-corrected chi connectivity index (χ0v) is 47.5. The molecule has 458 valence electrons. The van der Waals surface area contributed by atoms with E-state index in [1.54, 1.807) is 0 Å². The first-order valence-corrected chi connectivity index (χ1v) is 28.4. The number of rotatable bonds is 29. The number of carbonyl (C=O) groups excluding carboxylic acids is 14. The number of hydrogen-bond acceptors (Lipinski definition) is 20. The fourth-order valence-electron chi connectivity index (χ4n) is 6.59. The molecule has 1 aliphatic heterocycles. The number of primary amides is 1. The molecule has 14 amide bonds. The summed E-state index contributed by atoms with van der Waals surface area (Å²) in [4.78, 5) is 195. The van der Waals surface area contributed by atoms with Crippen LogP contribution >= 0.6 is 35.3 Å². The summed E-state index contributed by atoms with van der Waals surface area (Å²) >= 11 is 2.85. The fraction of sp³-hybridized carbons (Fsp3) is 0.522. The van der Waals surface area contributed by atoms with E-state index >= 15 is 0 Å². The fourth-order valence-corrected chi connectivity index (χ4v) is 9.25. The summed E-state index contributed by atoms with van der Waals surface area (Å²) in [6.07, 6.45) is -1.10. The first-order chi connectivity index (χ1) is 39.2. The third-order valence-corrected chi connectivity index (χ3v) is 13.6. The van der Waals surface area contributed by atoms with E-state index in [-0.39, 0.29) is 72.6 Å². The lowest BCUT2D eigenvalue weighted by molar-refractivity contribution is -0.141. The van der Waals surface area contributed by atoms with Gasteiger partial charge in [-0.15, -0.1) is 35.3 Å². The van der Waals surface area contributed by atoms with Gasteiger partial charge in [-0.2, -0.15) is 0 Å². The van der Waals surface area contributed by atoms with Gasteiger partial charge in [0.1, 0.15) is 42.0 Å². The van der Waals surface area contributed by atoms with Crippen molar-refractivity contribution in [2.45, 2.75) is 75.8 Å². The molecule has 6 atom stereocenters. The maximum atomic E-state index is 13.8. The molecule has 1 fully saturated rings. The Kier molecular flexibility index (Phi) is 32.4. The van der Waals surface area contributed by atoms with E-state index < -0.39 is 164 Å². The first-order valence-electron chi connectivity index (χ1n) is 24.9. The molecule has 1 aromatic rings. The predicted octanol–water partition coefficient (Wildman–Crippen LogP) is -9.16. The Morgan fingerprint density at radius 3 is 1.78 bits per heavy atom. The minimum atomic E-state index is -1.85. The molecule has 34 nitrogen and oxygen atoms in total. The van der Waals surface area contributed by atoms with Crippen molar-refractivity contribution in [1.29, 1.82) is 0 Å². The molecule has 2 rings (SSSR count). The Bertz CT molecular complexity index is 2540. The highest BCUT2D eigenvalue weighted by atomic mass is 32.2. The van der Waals surface area contributed by atoms with E-state index in [4.69, 9.17) is 17.2 Å². The number of hydrogen-bond donors (Lipinski definition) is 18. The maximum Gasteiger partial charge on any atom is 0.305 e. The quantitative estimate of drug-likeness (QED) is 0.0153. The van der Waals surface area contributed by atoms with E-state index in [0.717, 1.165) is 35.3 Å². The second-order valence-corrected chi connectivity index (χ2v) is 20.7. The smallest absolute Gasteiger partial charge is 0.305 e. The van der Waals surface area contributed by atoms with Gasteiger partial charge in [0, 0.05) is 44.1 Å². The van der Waals surface area contributed by atoms with Crippen molar-refractivity contribution in [2.75, 3.05) is 74.0 Å². The Morgan fingerprint density at radius 2 is 1.20 bits per heavy atom. The minimum absolute atomic E-state index is 0.00855. The van der Waals surface area contributed by atoms with Crippen LogP contribution in [0.3, 0.4) is 0 Å². The van der Waals surface area contributed by atoms with Gasteiger partial charge >= 0.3 is 5.97 Å². The van der Waals surface area contributed by atoms with Crippen LogP contribution in [0.15, 0.2) is 29.3 Å². The van der Waals surface area contributed by atoms with Crippen molar-refractivity contribution < 1.29 is 82.1 Å². The van der Waals surface area contributed by atoms with Crippen LogP contribution in [0.5, 0.6) is 5.75 Å². The lowest BCUT2D eigenvalue weighted by atomic mass is 10.0. The number of phenolic OH excluding ortho intramolecular Hbond substituents is 1. The molecule has 1 aliphatic rings. The lowest BCUT2D eigenvalue weighted by Gasteiger charge is -2.25. The molecule has 1 saturated heterocycles. The minimum Gasteiger partial charge on any atom is -0.508 e. The summed E-state index contributed by atoms with van der Waals surface area (Å²) in [7, 11) is 0. The molecule has 0 unspecified atom stereocenters. The summed E-state index contributed by atoms with van der Waals surface area (Å²) in [5.41, 5.74) is 16.6. The monoisotopic (exact) mass is 1230 g/mol. The third kappa shape index (κ3) is 31.3. The number of carbonyl (C=O) groups is 15. The van der Waals surface area contributed by atoms with Gasteiger partial charge in [0.25, 0.3) is 0 Å². The average Bonchev–Trinajstić information content (AvgIpc) is 3.51. The topological polar surface area (TPSA) is 543 Å². The second kappa shape index (κ2) is 38.2. The first kappa shape index (κ1) is 70.5. The number of phenols is 1. The van der Waals surface area contributed by atoms with Gasteiger partial charge in [0.15, 0.2) is 5.96 Å². The zero-order valence-electron chi connectivity index (χ0n) is 45.0. The van der Waals surface area contributed by atoms with Gasteiger partial charge < -0.3 is 96.5 Å². The summed E-state index contributed by atoms with van der Waals surface area (Å²) < 4.78 is 0. The standard InChI is InChI=1S/C46H69N17O17S3/c1-23(64)56-21-82-17-30(40(47)75)60-37(71)16-55-42(77)31(19-83-22-57-24(2)65)61-35(69)14-52-33(67)12-51-34(68)13-53-43(78)32-18-81-20-38(72)59-28(10-25-5-7-26(66)8-6-25)44(79)62-27(4-3-9-50-46(48)49)41(76)54-15-36(70)58-29(11-39(73)74)45(80)63-32/h5-8,27-32,66H,3-4,9-22H2,1-2H3,(H2,47,75)(H,51,68)(H,52,67)(H,53,78)(H,54,76)(H,55,77)(H,56,64)(H,57,65)(H,58,70)(H,59,72)(H,60,71)(H,61,69)(H,62,79)(H,63,80)(H,73,74)(H4,48,49,50)/t27-,28+,29-,30+,31+,32-/m1/s1. The van der Waals surface area contributed by atoms with Crippen molar-refractivity contribution in [3.8, 4) is 5.75 Å². The third-order valence-electron chi connectivity index (χ3n) is 10.7. The Balaban J connectivity index is 2.14. The number of aliphatic imine (C=N–C) groups is 1. The van der Waals surface area contributed by atoms with E-state index in [1.807, 2.05) is 0 Å². The summed E-state index contributed by atoms with van der Waals surface area (Å²) in [5.74, 6) is -14.8. The summed E-state index contributed by atoms with van der Waals surface area (Å²) in [6, 6.07) is -3.03. The Hall–Kier alpha value is -8.61. The highest BCUT2D eigenvalue weighted by Crippen LogP contribution is 2.13. The van der Waals surface area contributed by atoms with Crippen molar-refractivity contribution in [2.24, 2.45) is 22.2 Å². The molecule has 0 radical (unpaired) electrons. The van der Waals surface area contributed by atoms with Gasteiger partial charge in [0.05, 0.1) is 56.7 Å². The number of nitrogens with zero attached hydrogens (tertiary/aromatic N) is 1. The van der Waals surface area contributed by atoms with E-state index in [2.05, 4.69) is 74.1 Å². The van der Waals surface area contributed by atoms with Gasteiger partial charge in [-0.3, -0.25) is 76.9 Å². The van der Waals surface area contributed by atoms with Crippen LogP contribution in [-0.4, -0.2) is 215 Å². The van der Waals surface area contributed by atoms with Crippen molar-refractivity contribution in [3.63, 3.8) is 0 Å². The number of carboxylic acids is 1. The average molecular weight is 1230 g/mol. The van der Waals surface area contributed by atoms with Crippen LogP contribution < -0.4 is 86.3 Å². The molecule has 21 N–H and O–H groups in total. The lowest BCUT2D eigenvalue weighted by Crippen LogP contribution is -2.58. The van der Waals surface area contributed by atoms with Crippen LogP contribution in [0, 0.1) is 0 Å². The highest BCUT2D eigenvalue weighted by molar-refractivity contribution is 8.00. The molecule has 0 aromatic heterocycles. The number of benzene rings is 1. The number of amides is 14. The highest BCUT2D eigenvalue weighted by Gasteiger charge is 2.32. The van der Waals surface area contributed by atoms with Crippen LogP contribution in [0.25, 0.3) is 0 Å². The maximum absolute atomic E-state index is 13.8. The molecule has 83 heavy (non-hydrogen) atoms. The van der Waals surface area contributed by atoms with E-state index in [1.165, 1.54) is 38.1 Å². The molecule has 37 heteroatoms. The Labute approximate surface area is 486 Å². The van der Waals surface area contributed by atoms with Crippen LogP contribution in [0.1, 0.15) is 38.7 Å². The summed E-state index contributed by atoms with van der Waals surface area (Å²) in [6.45, 7) is -1.28. The number of thioether (sulfide) groups is 3. The number of nitrogens with one attached hydrogen (secondary N) is 13. The number of guanidine groups is 1. The number of aliphatic carboxylic acids is 1. The summed E-state index contributed by atoms with van der Waals surface area (Å²) in [5, 5.41) is 49.9. The van der Waals surface area contributed by atoms with Crippen molar-refractivity contribution >= 4 is 130 Å². The van der Waals surface area contributed by atoms with Crippen molar-refractivity contribution in [1.82, 2.24) is 69.1 Å². The van der Waals surface area contributed by atoms with Crippen LogP contribution in [-0.2, 0) is 78.3 Å². The molecule has 0 spiro atoms. The van der Waals surface area contributed by atoms with E-state index in [9.17, 15) is 82.1 Å². The predicted molar refractivity (Wildman–Crippen MR) is 299 cm³/mol. The molecular formula is C46H69N17O17S3. The number of aromatic hydroxyl groups is 1. The zero-order chi connectivity index (χ0) is 62.0. The number of nitrogens with two attached hydrogens (primary N) is 3. The SMILES string of the molecule is CC(=O)NCSC[C@H](NC(=O)CNC(=O)[C@H](CSCNC(C)=O)NC(=O)CNC(=O)CNC(=O)CNC(=O)[C@H]1CSCC(=O)N[C@@H](Cc2ccc(O)cc2)C(=O)N[C@H](CCCN=C(N)N)C(=O)NCC(=O)N[C@H](CC(=O)O)C(=O)N1)C(N)=O.